The quantitative estimate of drug-likeness (QED) is 0.833. The monoisotopic (exact) mass is 247 g/mol. The van der Waals surface area contributed by atoms with Crippen LogP contribution in [0.1, 0.15) is 6.92 Å². The van der Waals surface area contributed by atoms with Gasteiger partial charge in [-0.25, -0.2) is 0 Å². The molecule has 2 aromatic rings. The van der Waals surface area contributed by atoms with Gasteiger partial charge in [-0.2, -0.15) is 0 Å². The van der Waals surface area contributed by atoms with Crippen LogP contribution < -0.4 is 10.5 Å². The van der Waals surface area contributed by atoms with Gasteiger partial charge < -0.3 is 10.5 Å². The number of rotatable bonds is 3. The maximum Gasteiger partial charge on any atom is 0.127 e. The highest BCUT2D eigenvalue weighted by Crippen LogP contribution is 2.33. The van der Waals surface area contributed by atoms with Crippen LogP contribution in [0, 0.1) is 0 Å². The van der Waals surface area contributed by atoms with Crippen LogP contribution in [0.4, 0.5) is 5.69 Å². The number of hydrogen-bond acceptors (Lipinski definition) is 2. The fraction of sp³-hybridized carbons (Fsp3) is 0.143. The second-order valence-electron chi connectivity index (χ2n) is 3.67. The van der Waals surface area contributed by atoms with Crippen molar-refractivity contribution in [1.82, 2.24) is 0 Å². The zero-order chi connectivity index (χ0) is 12.3. The number of para-hydroxylation sites is 1. The standard InChI is InChI=1S/C14H14ClNO/c1-2-17-14-6-4-3-5-11(14)10-7-8-13(16)12(15)9-10/h3-9H,2,16H2,1H3. The van der Waals surface area contributed by atoms with Crippen molar-refractivity contribution in [3.63, 3.8) is 0 Å². The van der Waals surface area contributed by atoms with Gasteiger partial charge in [-0.3, -0.25) is 0 Å². The van der Waals surface area contributed by atoms with Crippen LogP contribution in [-0.2, 0) is 0 Å². The molecule has 3 heteroatoms. The topological polar surface area (TPSA) is 35.2 Å². The summed E-state index contributed by atoms with van der Waals surface area (Å²) in [6, 6.07) is 13.5. The van der Waals surface area contributed by atoms with E-state index in [1.54, 1.807) is 6.07 Å². The normalized spacial score (nSPS) is 10.2. The Morgan fingerprint density at radius 2 is 1.94 bits per heavy atom. The molecule has 0 fully saturated rings. The average Bonchev–Trinajstić information content (AvgIpc) is 2.34. The lowest BCUT2D eigenvalue weighted by Gasteiger charge is -2.10. The predicted molar refractivity (Wildman–Crippen MR) is 72.5 cm³/mol. The smallest absolute Gasteiger partial charge is 0.127 e. The number of halogens is 1. The molecule has 2 aromatic carbocycles. The van der Waals surface area contributed by atoms with Crippen LogP contribution in [0.2, 0.25) is 5.02 Å². The van der Waals surface area contributed by atoms with Gasteiger partial charge in [0.15, 0.2) is 0 Å². The highest BCUT2D eigenvalue weighted by molar-refractivity contribution is 6.33. The largest absolute Gasteiger partial charge is 0.493 e. The fourth-order valence-corrected chi connectivity index (χ4v) is 1.86. The Kier molecular flexibility index (Phi) is 3.55. The Balaban J connectivity index is 2.48. The molecule has 0 aliphatic heterocycles. The molecule has 0 unspecified atom stereocenters. The van der Waals surface area contributed by atoms with Crippen LogP contribution in [0.25, 0.3) is 11.1 Å². The van der Waals surface area contributed by atoms with Gasteiger partial charge in [-0.15, -0.1) is 0 Å². The van der Waals surface area contributed by atoms with Crippen molar-refractivity contribution in [3.8, 4) is 16.9 Å². The van der Waals surface area contributed by atoms with Gasteiger partial charge in [0, 0.05) is 5.56 Å². The summed E-state index contributed by atoms with van der Waals surface area (Å²) in [5.74, 6) is 0.857. The molecule has 0 saturated carbocycles. The van der Waals surface area contributed by atoms with Crippen molar-refractivity contribution in [2.75, 3.05) is 12.3 Å². The minimum Gasteiger partial charge on any atom is -0.493 e. The molecule has 0 aromatic heterocycles. The lowest BCUT2D eigenvalue weighted by Crippen LogP contribution is -1.94. The van der Waals surface area contributed by atoms with Gasteiger partial charge in [-0.05, 0) is 30.7 Å². The van der Waals surface area contributed by atoms with E-state index in [-0.39, 0.29) is 0 Å². The molecule has 88 valence electrons. The summed E-state index contributed by atoms with van der Waals surface area (Å²) in [5, 5.41) is 0.564. The number of nitrogen functional groups attached to an aromatic ring is 1. The third kappa shape index (κ3) is 2.53. The first-order valence-corrected chi connectivity index (χ1v) is 5.87. The fourth-order valence-electron chi connectivity index (χ4n) is 1.68. The number of hydrogen-bond donors (Lipinski definition) is 1. The lowest BCUT2D eigenvalue weighted by molar-refractivity contribution is 0.341. The van der Waals surface area contributed by atoms with E-state index in [9.17, 15) is 0 Å². The van der Waals surface area contributed by atoms with Crippen molar-refractivity contribution in [3.05, 3.63) is 47.5 Å². The Hall–Kier alpha value is -1.67. The molecule has 0 radical (unpaired) electrons. The molecule has 0 bridgehead atoms. The summed E-state index contributed by atoms with van der Waals surface area (Å²) >= 11 is 6.03. The van der Waals surface area contributed by atoms with Gasteiger partial charge in [-0.1, -0.05) is 35.9 Å². The minimum absolute atomic E-state index is 0.564. The third-order valence-corrected chi connectivity index (χ3v) is 2.83. The summed E-state index contributed by atoms with van der Waals surface area (Å²) in [6.45, 7) is 2.60. The van der Waals surface area contributed by atoms with Crippen molar-refractivity contribution >= 4 is 17.3 Å². The van der Waals surface area contributed by atoms with Crippen LogP contribution in [-0.4, -0.2) is 6.61 Å². The minimum atomic E-state index is 0.564. The molecule has 2 N–H and O–H groups in total. The van der Waals surface area contributed by atoms with Crippen molar-refractivity contribution in [2.24, 2.45) is 0 Å². The molecule has 17 heavy (non-hydrogen) atoms. The molecule has 0 aliphatic rings. The highest BCUT2D eigenvalue weighted by Gasteiger charge is 2.06. The highest BCUT2D eigenvalue weighted by atomic mass is 35.5. The molecule has 2 nitrogen and oxygen atoms in total. The molecule has 0 amide bonds. The van der Waals surface area contributed by atoms with Crippen molar-refractivity contribution in [1.29, 1.82) is 0 Å². The van der Waals surface area contributed by atoms with Gasteiger partial charge in [0.05, 0.1) is 17.3 Å². The Labute approximate surface area is 106 Å². The molecule has 0 spiro atoms. The van der Waals surface area contributed by atoms with Crippen LogP contribution in [0.3, 0.4) is 0 Å². The molecule has 2 rings (SSSR count). The van der Waals surface area contributed by atoms with E-state index in [2.05, 4.69) is 0 Å². The third-order valence-electron chi connectivity index (χ3n) is 2.50. The predicted octanol–water partition coefficient (Wildman–Crippen LogP) is 3.99. The second kappa shape index (κ2) is 5.11. The van der Waals surface area contributed by atoms with E-state index < -0.39 is 0 Å². The first-order valence-electron chi connectivity index (χ1n) is 5.49. The Morgan fingerprint density at radius 3 is 2.65 bits per heavy atom. The van der Waals surface area contributed by atoms with Crippen molar-refractivity contribution < 1.29 is 4.74 Å². The number of benzene rings is 2. The van der Waals surface area contributed by atoms with E-state index in [0.717, 1.165) is 16.9 Å². The van der Waals surface area contributed by atoms with Crippen molar-refractivity contribution in [2.45, 2.75) is 6.92 Å². The Bertz CT molecular complexity index is 525. The summed E-state index contributed by atoms with van der Waals surface area (Å²) in [5.41, 5.74) is 8.32. The zero-order valence-corrected chi connectivity index (χ0v) is 10.4. The zero-order valence-electron chi connectivity index (χ0n) is 9.61. The van der Waals surface area contributed by atoms with E-state index >= 15 is 0 Å². The van der Waals surface area contributed by atoms with Gasteiger partial charge in [0.1, 0.15) is 5.75 Å². The van der Waals surface area contributed by atoms with Crippen LogP contribution in [0.5, 0.6) is 5.75 Å². The average molecular weight is 248 g/mol. The van der Waals surface area contributed by atoms with Gasteiger partial charge in [0.25, 0.3) is 0 Å². The number of ether oxygens (including phenoxy) is 1. The lowest BCUT2D eigenvalue weighted by atomic mass is 10.0. The first kappa shape index (κ1) is 11.8. The summed E-state index contributed by atoms with van der Waals surface area (Å²) in [7, 11) is 0. The maximum atomic E-state index is 6.03. The molecule has 0 aliphatic carbocycles. The molecular weight excluding hydrogens is 234 g/mol. The SMILES string of the molecule is CCOc1ccccc1-c1ccc(N)c(Cl)c1. The molecular formula is C14H14ClNO. The van der Waals surface area contributed by atoms with Crippen LogP contribution >= 0.6 is 11.6 Å². The number of anilines is 1. The maximum absolute atomic E-state index is 6.03. The van der Waals surface area contributed by atoms with Crippen LogP contribution in [0.15, 0.2) is 42.5 Å². The van der Waals surface area contributed by atoms with E-state index in [0.29, 0.717) is 17.3 Å². The van der Waals surface area contributed by atoms with Gasteiger partial charge >= 0.3 is 0 Å². The van der Waals surface area contributed by atoms with E-state index in [1.807, 2.05) is 43.3 Å². The Morgan fingerprint density at radius 1 is 1.18 bits per heavy atom. The molecule has 0 saturated heterocycles. The summed E-state index contributed by atoms with van der Waals surface area (Å²) < 4.78 is 5.59. The first-order chi connectivity index (χ1) is 8.22. The summed E-state index contributed by atoms with van der Waals surface area (Å²) in [6.07, 6.45) is 0. The molecule has 0 heterocycles. The second-order valence-corrected chi connectivity index (χ2v) is 4.07. The summed E-state index contributed by atoms with van der Waals surface area (Å²) in [4.78, 5) is 0. The van der Waals surface area contributed by atoms with E-state index in [1.165, 1.54) is 0 Å². The molecule has 0 atom stereocenters. The van der Waals surface area contributed by atoms with E-state index in [4.69, 9.17) is 22.1 Å². The van der Waals surface area contributed by atoms with Gasteiger partial charge in [0.2, 0.25) is 0 Å². The number of nitrogens with two attached hydrogens (primary N) is 1.